The average molecular weight is 582 g/mol. The van der Waals surface area contributed by atoms with Crippen molar-refractivity contribution in [3.63, 3.8) is 0 Å². The highest BCUT2D eigenvalue weighted by Crippen LogP contribution is 2.30. The van der Waals surface area contributed by atoms with Gasteiger partial charge >= 0.3 is 0 Å². The van der Waals surface area contributed by atoms with Gasteiger partial charge in [-0.1, -0.05) is 31.2 Å². The molecule has 12 heteroatoms. The monoisotopic (exact) mass is 581 g/mol. The molecular formula is C26H33ClFN3O5SSi. The highest BCUT2D eigenvalue weighted by Gasteiger charge is 2.30. The molecular weight excluding hydrogens is 549 g/mol. The number of halogens is 2. The van der Waals surface area contributed by atoms with Crippen LogP contribution in [0.5, 0.6) is 0 Å². The summed E-state index contributed by atoms with van der Waals surface area (Å²) in [5.41, 5.74) is 0.972. The molecule has 2 aromatic carbocycles. The van der Waals surface area contributed by atoms with Crippen molar-refractivity contribution in [2.45, 2.75) is 56.3 Å². The first-order valence-electron chi connectivity index (χ1n) is 12.5. The summed E-state index contributed by atoms with van der Waals surface area (Å²) < 4.78 is 49.8. The van der Waals surface area contributed by atoms with Gasteiger partial charge in [-0.05, 0) is 55.3 Å². The third kappa shape index (κ3) is 6.64. The van der Waals surface area contributed by atoms with Crippen LogP contribution in [0.15, 0.2) is 47.5 Å². The summed E-state index contributed by atoms with van der Waals surface area (Å²) in [6, 6.07) is 9.48. The molecule has 1 saturated heterocycles. The second-order valence-electron chi connectivity index (χ2n) is 10.8. The maximum Gasteiger partial charge on any atom is 0.256 e. The van der Waals surface area contributed by atoms with Gasteiger partial charge in [0.15, 0.2) is 0 Å². The fourth-order valence-corrected chi connectivity index (χ4v) is 6.72. The minimum absolute atomic E-state index is 0.0225. The van der Waals surface area contributed by atoms with Crippen molar-refractivity contribution in [3.05, 3.63) is 59.0 Å². The number of anilines is 1. The number of carbonyl (C=O) groups is 1. The smallest absolute Gasteiger partial charge is 0.256 e. The van der Waals surface area contributed by atoms with Crippen molar-refractivity contribution in [3.8, 4) is 0 Å². The van der Waals surface area contributed by atoms with Gasteiger partial charge in [0, 0.05) is 45.0 Å². The molecule has 0 bridgehead atoms. The van der Waals surface area contributed by atoms with Gasteiger partial charge in [-0.3, -0.25) is 4.79 Å². The fraction of sp³-hybridized carbons (Fsp3) is 0.423. The molecule has 38 heavy (non-hydrogen) atoms. The van der Waals surface area contributed by atoms with E-state index in [1.165, 1.54) is 22.5 Å². The Bertz CT molecular complexity index is 1430. The van der Waals surface area contributed by atoms with Crippen molar-refractivity contribution < 1.29 is 27.4 Å². The number of nitrogens with one attached hydrogen (secondary N) is 1. The van der Waals surface area contributed by atoms with E-state index in [0.717, 1.165) is 12.1 Å². The van der Waals surface area contributed by atoms with E-state index in [9.17, 15) is 22.7 Å². The maximum atomic E-state index is 13.6. The average Bonchev–Trinajstić information content (AvgIpc) is 3.26. The van der Waals surface area contributed by atoms with E-state index in [1.54, 1.807) is 22.9 Å². The number of sulfonamides is 1. The summed E-state index contributed by atoms with van der Waals surface area (Å²) in [5.74, 6) is -1.17. The normalized spacial score (nSPS) is 15.7. The van der Waals surface area contributed by atoms with E-state index in [0.29, 0.717) is 30.4 Å². The van der Waals surface area contributed by atoms with Crippen LogP contribution in [-0.4, -0.2) is 62.2 Å². The lowest BCUT2D eigenvalue weighted by molar-refractivity contribution is 0.0902. The number of carbonyl (C=O) groups excluding carboxylic acids is 1. The van der Waals surface area contributed by atoms with Crippen LogP contribution < -0.4 is 5.32 Å². The Labute approximate surface area is 228 Å². The van der Waals surface area contributed by atoms with Crippen LogP contribution in [0.25, 0.3) is 10.9 Å². The first kappa shape index (κ1) is 28.7. The van der Waals surface area contributed by atoms with Crippen molar-refractivity contribution in [2.75, 3.05) is 25.0 Å². The highest BCUT2D eigenvalue weighted by molar-refractivity contribution is 7.89. The second-order valence-corrected chi connectivity index (χ2v) is 18.7. The third-order valence-corrected chi connectivity index (χ3v) is 10.4. The van der Waals surface area contributed by atoms with E-state index in [1.807, 2.05) is 0 Å². The summed E-state index contributed by atoms with van der Waals surface area (Å²) in [4.78, 5) is 13.4. The number of aromatic nitrogens is 1. The molecule has 1 aliphatic heterocycles. The van der Waals surface area contributed by atoms with Crippen LogP contribution >= 0.6 is 11.6 Å². The largest absolute Gasteiger partial charge is 0.393 e. The lowest BCUT2D eigenvalue weighted by Crippen LogP contribution is -2.40. The zero-order chi connectivity index (χ0) is 27.7. The Hall–Kier alpha value is -2.28. The number of nitrogens with zero attached hydrogens (tertiary/aromatic N) is 2. The second kappa shape index (κ2) is 11.4. The molecule has 0 saturated carbocycles. The van der Waals surface area contributed by atoms with Crippen LogP contribution in [0.2, 0.25) is 30.7 Å². The Kier molecular flexibility index (Phi) is 8.65. The quantitative estimate of drug-likeness (QED) is 0.269. The number of ether oxygens (including phenoxy) is 1. The molecule has 0 spiro atoms. The van der Waals surface area contributed by atoms with Gasteiger partial charge < -0.3 is 19.7 Å². The minimum Gasteiger partial charge on any atom is -0.393 e. The van der Waals surface area contributed by atoms with Crippen LogP contribution in [0.3, 0.4) is 0 Å². The Morgan fingerprint density at radius 3 is 2.55 bits per heavy atom. The number of hydrogen-bond acceptors (Lipinski definition) is 5. The zero-order valence-corrected chi connectivity index (χ0v) is 24.3. The molecule has 2 N–H and O–H groups in total. The van der Waals surface area contributed by atoms with Crippen molar-refractivity contribution >= 4 is 52.2 Å². The molecule has 1 aliphatic rings. The van der Waals surface area contributed by atoms with E-state index in [2.05, 4.69) is 25.0 Å². The van der Waals surface area contributed by atoms with Gasteiger partial charge in [0.25, 0.3) is 5.91 Å². The lowest BCUT2D eigenvalue weighted by Gasteiger charge is -2.29. The number of amides is 1. The molecule has 0 atom stereocenters. The lowest BCUT2D eigenvalue weighted by atomic mass is 10.1. The summed E-state index contributed by atoms with van der Waals surface area (Å²) in [6.45, 7) is 7.96. The van der Waals surface area contributed by atoms with Crippen LogP contribution in [-0.2, 0) is 21.5 Å². The van der Waals surface area contributed by atoms with E-state index >= 15 is 0 Å². The SMILES string of the molecule is C[Si](C)(C)CCOCn1ccc2c(C(=O)Nc3ccc(F)c(Cl)c3)cc(S(=O)(=O)N3CCC(O)CC3)cc21. The minimum atomic E-state index is -3.93. The van der Waals surface area contributed by atoms with Crippen molar-refractivity contribution in [1.29, 1.82) is 0 Å². The number of hydrogen-bond donors (Lipinski definition) is 2. The molecule has 1 fully saturated rings. The van der Waals surface area contributed by atoms with Crippen LogP contribution in [0.4, 0.5) is 10.1 Å². The highest BCUT2D eigenvalue weighted by atomic mass is 35.5. The number of piperidine rings is 1. The Morgan fingerprint density at radius 2 is 1.89 bits per heavy atom. The maximum absolute atomic E-state index is 13.6. The van der Waals surface area contributed by atoms with Crippen LogP contribution in [0.1, 0.15) is 23.2 Å². The number of rotatable bonds is 9. The topological polar surface area (TPSA) is 101 Å². The molecule has 206 valence electrons. The summed E-state index contributed by atoms with van der Waals surface area (Å²) >= 11 is 5.87. The fourth-order valence-electron chi connectivity index (χ4n) is 4.26. The van der Waals surface area contributed by atoms with Gasteiger partial charge in [0.1, 0.15) is 12.5 Å². The zero-order valence-electron chi connectivity index (χ0n) is 21.7. The van der Waals surface area contributed by atoms with Crippen molar-refractivity contribution in [1.82, 2.24) is 8.87 Å². The van der Waals surface area contributed by atoms with Crippen molar-refractivity contribution in [2.24, 2.45) is 0 Å². The number of aliphatic hydroxyl groups is 1. The van der Waals surface area contributed by atoms with E-state index in [4.69, 9.17) is 16.3 Å². The predicted octanol–water partition coefficient (Wildman–Crippen LogP) is 5.14. The first-order chi connectivity index (χ1) is 17.8. The van der Waals surface area contributed by atoms with Gasteiger partial charge in [-0.15, -0.1) is 0 Å². The predicted molar refractivity (Wildman–Crippen MR) is 149 cm³/mol. The molecule has 8 nitrogen and oxygen atoms in total. The number of benzene rings is 2. The summed E-state index contributed by atoms with van der Waals surface area (Å²) in [5, 5.41) is 12.9. The Balaban J connectivity index is 1.71. The molecule has 2 heterocycles. The summed E-state index contributed by atoms with van der Waals surface area (Å²) in [6.07, 6.45) is 1.93. The van der Waals surface area contributed by atoms with Crippen LogP contribution in [0, 0.1) is 5.82 Å². The number of fused-ring (bicyclic) bond motifs is 1. The third-order valence-electron chi connectivity index (χ3n) is 6.57. The van der Waals surface area contributed by atoms with Gasteiger partial charge in [0.05, 0.1) is 27.1 Å². The molecule has 3 aromatic rings. The molecule has 0 aliphatic carbocycles. The molecule has 4 rings (SSSR count). The Morgan fingerprint density at radius 1 is 1.18 bits per heavy atom. The molecule has 0 unspecified atom stereocenters. The van der Waals surface area contributed by atoms with Gasteiger partial charge in [0.2, 0.25) is 10.0 Å². The first-order valence-corrected chi connectivity index (χ1v) is 18.0. The van der Waals surface area contributed by atoms with Gasteiger partial charge in [-0.25, -0.2) is 12.8 Å². The summed E-state index contributed by atoms with van der Waals surface area (Å²) in [7, 11) is -5.22. The standard InChI is InChI=1S/C26H33ClFN3O5SSi/c1-38(2,3)13-12-36-17-30-9-8-21-22(26(33)29-18-4-5-24(28)23(27)14-18)15-20(16-25(21)30)37(34,35)31-10-6-19(32)7-11-31/h4-5,8-9,14-16,19,32H,6-7,10-13,17H2,1-3H3,(H,29,33). The molecule has 0 radical (unpaired) electrons. The van der Waals surface area contributed by atoms with E-state index < -0.39 is 35.9 Å². The van der Waals surface area contributed by atoms with Gasteiger partial charge in [-0.2, -0.15) is 4.31 Å². The number of aliphatic hydroxyl groups excluding tert-OH is 1. The van der Waals surface area contributed by atoms with E-state index in [-0.39, 0.29) is 41.0 Å². The molecule has 1 aromatic heterocycles. The molecule has 1 amide bonds.